The second-order valence-electron chi connectivity index (χ2n) is 3.36. The Morgan fingerprint density at radius 1 is 1.08 bits per heavy atom. The molecular formula is C9H6O3. The highest BCUT2D eigenvalue weighted by molar-refractivity contribution is 6.01. The number of allylic oxidation sites excluding steroid dienone is 2. The molecule has 1 aliphatic heterocycles. The molecule has 0 spiro atoms. The summed E-state index contributed by atoms with van der Waals surface area (Å²) in [5.74, 6) is -1.26. The Labute approximate surface area is 68.7 Å². The Balaban J connectivity index is 2.15. The summed E-state index contributed by atoms with van der Waals surface area (Å²) in [7, 11) is 0. The van der Waals surface area contributed by atoms with Crippen molar-refractivity contribution in [1.82, 2.24) is 0 Å². The molecule has 1 saturated carbocycles. The van der Waals surface area contributed by atoms with Gasteiger partial charge in [-0.1, -0.05) is 23.3 Å². The topological polar surface area (TPSA) is 43.4 Å². The van der Waals surface area contributed by atoms with Gasteiger partial charge in [-0.2, -0.15) is 0 Å². The molecule has 2 unspecified atom stereocenters. The van der Waals surface area contributed by atoms with Crippen LogP contribution >= 0.6 is 0 Å². The molecule has 3 nitrogen and oxygen atoms in total. The van der Waals surface area contributed by atoms with Crippen LogP contribution in [0.25, 0.3) is 0 Å². The molecule has 3 aliphatic rings. The van der Waals surface area contributed by atoms with E-state index in [4.69, 9.17) is 0 Å². The largest absolute Gasteiger partial charge is 0.392 e. The zero-order valence-corrected chi connectivity index (χ0v) is 6.24. The van der Waals surface area contributed by atoms with Gasteiger partial charge in [-0.3, -0.25) is 9.59 Å². The summed E-state index contributed by atoms with van der Waals surface area (Å²) in [5.41, 5.74) is 2.09. The summed E-state index contributed by atoms with van der Waals surface area (Å²) >= 11 is 0. The summed E-state index contributed by atoms with van der Waals surface area (Å²) < 4.78 is 4.55. The minimum Gasteiger partial charge on any atom is -0.392 e. The summed E-state index contributed by atoms with van der Waals surface area (Å²) in [4.78, 5) is 22.3. The first-order valence-electron chi connectivity index (χ1n) is 3.92. The van der Waals surface area contributed by atoms with E-state index in [2.05, 4.69) is 4.74 Å². The maximum atomic E-state index is 11.1. The molecule has 1 heterocycles. The second kappa shape index (κ2) is 1.68. The van der Waals surface area contributed by atoms with Crippen LogP contribution in [-0.2, 0) is 14.3 Å². The van der Waals surface area contributed by atoms with Crippen molar-refractivity contribution in [2.45, 2.75) is 6.42 Å². The molecule has 0 aromatic heterocycles. The Bertz CT molecular complexity index is 328. The van der Waals surface area contributed by atoms with Gasteiger partial charge in [0, 0.05) is 0 Å². The standard InChI is InChI=1S/C9H6O3/c10-8-6-4-1-2-5(3-4)7(6)9(11)12-8/h1-2,6-7H,3H2. The molecule has 2 atom stereocenters. The van der Waals surface area contributed by atoms with Crippen molar-refractivity contribution in [2.75, 3.05) is 0 Å². The molecule has 2 fully saturated rings. The van der Waals surface area contributed by atoms with Crippen molar-refractivity contribution < 1.29 is 14.3 Å². The monoisotopic (exact) mass is 162 g/mol. The van der Waals surface area contributed by atoms with Gasteiger partial charge in [0.15, 0.2) is 0 Å². The lowest BCUT2D eigenvalue weighted by Gasteiger charge is -2.05. The van der Waals surface area contributed by atoms with E-state index in [1.54, 1.807) is 0 Å². The predicted octanol–water partition coefficient (Wildman–Crippen LogP) is 0.572. The first-order valence-corrected chi connectivity index (χ1v) is 3.92. The highest BCUT2D eigenvalue weighted by atomic mass is 16.6. The number of rotatable bonds is 0. The van der Waals surface area contributed by atoms with E-state index in [0.717, 1.165) is 17.6 Å². The van der Waals surface area contributed by atoms with E-state index in [9.17, 15) is 9.59 Å². The summed E-state index contributed by atoms with van der Waals surface area (Å²) in [6.07, 6.45) is 4.66. The molecule has 3 heteroatoms. The number of carbonyl (C=O) groups excluding carboxylic acids is 2. The van der Waals surface area contributed by atoms with Crippen LogP contribution in [0.4, 0.5) is 0 Å². The fourth-order valence-corrected chi connectivity index (χ4v) is 2.22. The van der Waals surface area contributed by atoms with Crippen molar-refractivity contribution in [2.24, 2.45) is 11.8 Å². The summed E-state index contributed by atoms with van der Waals surface area (Å²) in [6, 6.07) is 0. The third-order valence-corrected chi connectivity index (χ3v) is 2.76. The normalized spacial score (nSPS) is 36.3. The van der Waals surface area contributed by atoms with Gasteiger partial charge in [-0.25, -0.2) is 0 Å². The number of cyclic esters (lactones) is 2. The van der Waals surface area contributed by atoms with Crippen LogP contribution in [0.15, 0.2) is 23.3 Å². The summed E-state index contributed by atoms with van der Waals surface area (Å²) in [5, 5.41) is 0. The van der Waals surface area contributed by atoms with Crippen molar-refractivity contribution in [1.29, 1.82) is 0 Å². The fraction of sp³-hybridized carbons (Fsp3) is 0.333. The van der Waals surface area contributed by atoms with Gasteiger partial charge in [0.2, 0.25) is 0 Å². The lowest BCUT2D eigenvalue weighted by Crippen LogP contribution is -2.14. The Kier molecular flexibility index (Phi) is 0.865. The zero-order chi connectivity index (χ0) is 8.29. The molecule has 2 bridgehead atoms. The zero-order valence-electron chi connectivity index (χ0n) is 6.24. The first kappa shape index (κ1) is 6.17. The number of hydrogen-bond acceptors (Lipinski definition) is 3. The fourth-order valence-electron chi connectivity index (χ4n) is 2.22. The van der Waals surface area contributed by atoms with E-state index in [1.165, 1.54) is 0 Å². The highest BCUT2D eigenvalue weighted by Crippen LogP contribution is 2.49. The van der Waals surface area contributed by atoms with Gasteiger partial charge in [0.25, 0.3) is 0 Å². The third-order valence-electron chi connectivity index (χ3n) is 2.76. The quantitative estimate of drug-likeness (QED) is 0.386. The van der Waals surface area contributed by atoms with Gasteiger partial charge in [-0.15, -0.1) is 0 Å². The molecule has 3 rings (SSSR count). The maximum Gasteiger partial charge on any atom is 0.321 e. The Morgan fingerprint density at radius 3 is 2.08 bits per heavy atom. The number of carbonyl (C=O) groups is 2. The minimum atomic E-state index is -0.362. The second-order valence-corrected chi connectivity index (χ2v) is 3.36. The molecule has 0 aromatic carbocycles. The van der Waals surface area contributed by atoms with Gasteiger partial charge in [-0.05, 0) is 6.42 Å². The number of ether oxygens (including phenoxy) is 1. The molecule has 1 saturated heterocycles. The lowest BCUT2D eigenvalue weighted by atomic mass is 9.91. The van der Waals surface area contributed by atoms with Crippen LogP contribution in [0.1, 0.15) is 6.42 Å². The van der Waals surface area contributed by atoms with E-state index in [0.29, 0.717) is 0 Å². The van der Waals surface area contributed by atoms with E-state index in [-0.39, 0.29) is 23.8 Å². The van der Waals surface area contributed by atoms with E-state index >= 15 is 0 Å². The Hall–Kier alpha value is -1.38. The van der Waals surface area contributed by atoms with Crippen molar-refractivity contribution >= 4 is 11.9 Å². The van der Waals surface area contributed by atoms with Crippen molar-refractivity contribution in [3.05, 3.63) is 23.3 Å². The molecule has 0 radical (unpaired) electrons. The SMILES string of the molecule is O=C1OC(=O)C2C3=CC=C(C3)C12. The highest BCUT2D eigenvalue weighted by Gasteiger charge is 2.53. The van der Waals surface area contributed by atoms with Gasteiger partial charge >= 0.3 is 11.9 Å². The van der Waals surface area contributed by atoms with Crippen LogP contribution in [0.2, 0.25) is 0 Å². The molecule has 12 heavy (non-hydrogen) atoms. The van der Waals surface area contributed by atoms with Crippen LogP contribution < -0.4 is 0 Å². The molecule has 0 aromatic rings. The lowest BCUT2D eigenvalue weighted by molar-refractivity contribution is -0.153. The van der Waals surface area contributed by atoms with Crippen LogP contribution in [-0.4, -0.2) is 11.9 Å². The van der Waals surface area contributed by atoms with Gasteiger partial charge in [0.05, 0.1) is 11.8 Å². The molecular weight excluding hydrogens is 156 g/mol. The molecule has 0 amide bonds. The smallest absolute Gasteiger partial charge is 0.321 e. The van der Waals surface area contributed by atoms with Gasteiger partial charge in [0.1, 0.15) is 0 Å². The molecule has 60 valence electrons. The molecule has 2 aliphatic carbocycles. The number of fused-ring (bicyclic) bond motifs is 5. The van der Waals surface area contributed by atoms with E-state index < -0.39 is 0 Å². The average molecular weight is 162 g/mol. The van der Waals surface area contributed by atoms with Crippen LogP contribution in [0.3, 0.4) is 0 Å². The third kappa shape index (κ3) is 0.501. The van der Waals surface area contributed by atoms with E-state index in [1.807, 2.05) is 12.2 Å². The molecule has 0 N–H and O–H groups in total. The Morgan fingerprint density at radius 2 is 1.58 bits per heavy atom. The number of esters is 2. The van der Waals surface area contributed by atoms with Gasteiger partial charge < -0.3 is 4.74 Å². The average Bonchev–Trinajstić information content (AvgIpc) is 2.64. The van der Waals surface area contributed by atoms with Crippen LogP contribution in [0.5, 0.6) is 0 Å². The first-order chi connectivity index (χ1) is 5.77. The maximum absolute atomic E-state index is 11.1. The minimum absolute atomic E-state index is 0.266. The number of hydrogen-bond donors (Lipinski definition) is 0. The predicted molar refractivity (Wildman–Crippen MR) is 38.9 cm³/mol. The van der Waals surface area contributed by atoms with Crippen molar-refractivity contribution in [3.63, 3.8) is 0 Å². The van der Waals surface area contributed by atoms with Crippen molar-refractivity contribution in [3.8, 4) is 0 Å². The van der Waals surface area contributed by atoms with Crippen LogP contribution in [0, 0.1) is 11.8 Å². The summed E-state index contributed by atoms with van der Waals surface area (Å²) in [6.45, 7) is 0.